The van der Waals surface area contributed by atoms with Crippen molar-refractivity contribution >= 4 is 11.7 Å². The molecule has 4 nitrogen and oxygen atoms in total. The number of benzene rings is 4. The molecule has 1 amide bonds. The number of carbonyl (C=O) groups is 1. The smallest absolute Gasteiger partial charge is 0.256 e. The molecule has 0 spiro atoms. The van der Waals surface area contributed by atoms with Gasteiger partial charge in [-0.2, -0.15) is 0 Å². The number of nitrogens with zero attached hydrogens (tertiary/aromatic N) is 2. The fraction of sp³-hybridized carbons (Fsp3) is 0.0667. The fourth-order valence-electron chi connectivity index (χ4n) is 3.94. The van der Waals surface area contributed by atoms with Gasteiger partial charge in [0.25, 0.3) is 5.91 Å². The zero-order valence-electron chi connectivity index (χ0n) is 19.2. The summed E-state index contributed by atoms with van der Waals surface area (Å²) in [6, 6.07) is 35.8. The molecule has 0 bridgehead atoms. The number of hydrogen-bond acceptors (Lipinski definition) is 2. The van der Waals surface area contributed by atoms with Gasteiger partial charge in [-0.3, -0.25) is 9.36 Å². The van der Waals surface area contributed by atoms with Crippen molar-refractivity contribution < 1.29 is 4.79 Å². The molecule has 1 N–H and O–H groups in total. The monoisotopic (exact) mass is 443 g/mol. The first-order valence-electron chi connectivity index (χ1n) is 11.3. The van der Waals surface area contributed by atoms with Gasteiger partial charge in [0, 0.05) is 22.4 Å². The lowest BCUT2D eigenvalue weighted by atomic mass is 10.1. The van der Waals surface area contributed by atoms with Crippen molar-refractivity contribution in [3.63, 3.8) is 0 Å². The second-order valence-electron chi connectivity index (χ2n) is 8.36. The van der Waals surface area contributed by atoms with Crippen molar-refractivity contribution in [3.8, 4) is 28.3 Å². The van der Waals surface area contributed by atoms with Crippen LogP contribution in [0.1, 0.15) is 21.5 Å². The normalized spacial score (nSPS) is 10.8. The summed E-state index contributed by atoms with van der Waals surface area (Å²) in [4.78, 5) is 18.4. The molecule has 1 heterocycles. The Morgan fingerprint density at radius 3 is 1.79 bits per heavy atom. The Labute approximate surface area is 199 Å². The molecular formula is C30H25N3O. The molecule has 0 unspecified atom stereocenters. The van der Waals surface area contributed by atoms with Gasteiger partial charge in [0.1, 0.15) is 17.3 Å². The quantitative estimate of drug-likeness (QED) is 0.316. The number of amides is 1. The van der Waals surface area contributed by atoms with E-state index >= 15 is 0 Å². The van der Waals surface area contributed by atoms with Crippen LogP contribution in [-0.4, -0.2) is 15.5 Å². The number of carbonyl (C=O) groups excluding carboxylic acids is 1. The van der Waals surface area contributed by atoms with Gasteiger partial charge in [0.2, 0.25) is 0 Å². The lowest BCUT2D eigenvalue weighted by Crippen LogP contribution is -2.15. The molecule has 4 aromatic carbocycles. The number of hydrogen-bond donors (Lipinski definition) is 1. The van der Waals surface area contributed by atoms with Crippen LogP contribution in [0.15, 0.2) is 109 Å². The van der Waals surface area contributed by atoms with Gasteiger partial charge in [0.15, 0.2) is 0 Å². The van der Waals surface area contributed by atoms with E-state index in [-0.39, 0.29) is 5.91 Å². The van der Waals surface area contributed by atoms with Gasteiger partial charge >= 0.3 is 0 Å². The minimum absolute atomic E-state index is 0.176. The van der Waals surface area contributed by atoms with E-state index in [0.717, 1.165) is 33.9 Å². The van der Waals surface area contributed by atoms with E-state index < -0.39 is 0 Å². The van der Waals surface area contributed by atoms with Gasteiger partial charge in [-0.25, -0.2) is 4.98 Å². The van der Waals surface area contributed by atoms with Crippen molar-refractivity contribution in [2.45, 2.75) is 13.8 Å². The van der Waals surface area contributed by atoms with E-state index in [0.29, 0.717) is 11.4 Å². The molecule has 166 valence electrons. The Morgan fingerprint density at radius 1 is 0.676 bits per heavy atom. The Kier molecular flexibility index (Phi) is 5.79. The van der Waals surface area contributed by atoms with Crippen LogP contribution < -0.4 is 5.32 Å². The summed E-state index contributed by atoms with van der Waals surface area (Å²) in [5.74, 6) is 1.23. The number of rotatable bonds is 5. The molecule has 0 atom stereocenters. The molecule has 0 saturated heterocycles. The minimum Gasteiger partial charge on any atom is -0.306 e. The van der Waals surface area contributed by atoms with Crippen molar-refractivity contribution in [1.29, 1.82) is 0 Å². The van der Waals surface area contributed by atoms with Gasteiger partial charge in [0.05, 0.1) is 0 Å². The highest BCUT2D eigenvalue weighted by Crippen LogP contribution is 2.36. The number of imidazole rings is 1. The predicted octanol–water partition coefficient (Wildman–Crippen LogP) is 7.08. The zero-order chi connectivity index (χ0) is 23.5. The topological polar surface area (TPSA) is 46.9 Å². The molecule has 0 fully saturated rings. The highest BCUT2D eigenvalue weighted by Gasteiger charge is 2.23. The van der Waals surface area contributed by atoms with Crippen LogP contribution in [0.5, 0.6) is 0 Å². The lowest BCUT2D eigenvalue weighted by Gasteiger charge is -2.14. The second kappa shape index (κ2) is 9.20. The number of aryl methyl sites for hydroxylation is 2. The van der Waals surface area contributed by atoms with Gasteiger partial charge in [-0.05, 0) is 38.1 Å². The van der Waals surface area contributed by atoms with Crippen molar-refractivity contribution in [2.24, 2.45) is 0 Å². The third-order valence-electron chi connectivity index (χ3n) is 5.79. The zero-order valence-corrected chi connectivity index (χ0v) is 19.2. The highest BCUT2D eigenvalue weighted by molar-refractivity contribution is 6.06. The largest absolute Gasteiger partial charge is 0.306 e. The van der Waals surface area contributed by atoms with Gasteiger partial charge < -0.3 is 5.32 Å². The van der Waals surface area contributed by atoms with Crippen LogP contribution in [0.3, 0.4) is 0 Å². The van der Waals surface area contributed by atoms with Crippen LogP contribution in [-0.2, 0) is 0 Å². The number of aromatic nitrogens is 2. The molecular weight excluding hydrogens is 418 g/mol. The first kappa shape index (κ1) is 21.4. The third-order valence-corrected chi connectivity index (χ3v) is 5.79. The van der Waals surface area contributed by atoms with Crippen LogP contribution in [0.2, 0.25) is 0 Å². The van der Waals surface area contributed by atoms with Crippen LogP contribution in [0.4, 0.5) is 5.82 Å². The Bertz CT molecular complexity index is 1420. The SMILES string of the molecule is Cc1ccc(C(=O)Nc2c(-c3ccccc3)nc(-c3ccccc3)n2-c2ccc(C)cc2)cc1. The molecule has 0 saturated carbocycles. The van der Waals surface area contributed by atoms with E-state index in [9.17, 15) is 4.79 Å². The summed E-state index contributed by atoms with van der Waals surface area (Å²) in [5.41, 5.74) is 6.43. The maximum absolute atomic E-state index is 13.3. The summed E-state index contributed by atoms with van der Waals surface area (Å²) in [6.45, 7) is 4.07. The minimum atomic E-state index is -0.176. The van der Waals surface area contributed by atoms with Crippen molar-refractivity contribution in [2.75, 3.05) is 5.32 Å². The van der Waals surface area contributed by atoms with E-state index in [1.54, 1.807) is 0 Å². The van der Waals surface area contributed by atoms with E-state index in [2.05, 4.69) is 36.5 Å². The molecule has 5 rings (SSSR count). The number of nitrogens with one attached hydrogen (secondary N) is 1. The van der Waals surface area contributed by atoms with Gasteiger partial charge in [-0.1, -0.05) is 96.1 Å². The Morgan fingerprint density at radius 2 is 1.21 bits per heavy atom. The van der Waals surface area contributed by atoms with Crippen molar-refractivity contribution in [3.05, 3.63) is 126 Å². The molecule has 34 heavy (non-hydrogen) atoms. The summed E-state index contributed by atoms with van der Waals surface area (Å²) in [7, 11) is 0. The molecule has 0 aliphatic heterocycles. The average molecular weight is 444 g/mol. The molecule has 0 radical (unpaired) electrons. The van der Waals surface area contributed by atoms with Crippen LogP contribution >= 0.6 is 0 Å². The standard InChI is InChI=1S/C30H25N3O/c1-21-13-17-25(18-14-21)30(34)32-29-27(23-9-5-3-6-10-23)31-28(24-11-7-4-8-12-24)33(29)26-19-15-22(2)16-20-26/h3-20H,1-2H3,(H,32,34). The Balaban J connectivity index is 1.74. The van der Waals surface area contributed by atoms with Crippen LogP contribution in [0.25, 0.3) is 28.3 Å². The summed E-state index contributed by atoms with van der Waals surface area (Å²) in [5, 5.41) is 3.18. The molecule has 5 aromatic rings. The van der Waals surface area contributed by atoms with E-state index in [1.165, 1.54) is 5.56 Å². The van der Waals surface area contributed by atoms with Crippen LogP contribution in [0, 0.1) is 13.8 Å². The third kappa shape index (κ3) is 4.26. The van der Waals surface area contributed by atoms with Gasteiger partial charge in [-0.15, -0.1) is 0 Å². The maximum Gasteiger partial charge on any atom is 0.256 e. The predicted molar refractivity (Wildman–Crippen MR) is 138 cm³/mol. The highest BCUT2D eigenvalue weighted by atomic mass is 16.1. The van der Waals surface area contributed by atoms with E-state index in [1.807, 2.05) is 96.4 Å². The second-order valence-corrected chi connectivity index (χ2v) is 8.36. The van der Waals surface area contributed by atoms with Crippen molar-refractivity contribution in [1.82, 2.24) is 9.55 Å². The average Bonchev–Trinajstić information content (AvgIpc) is 3.25. The fourth-order valence-corrected chi connectivity index (χ4v) is 3.94. The molecule has 4 heteroatoms. The number of anilines is 1. The van der Waals surface area contributed by atoms with E-state index in [4.69, 9.17) is 4.98 Å². The Hall–Kier alpha value is -4.44. The maximum atomic E-state index is 13.3. The summed E-state index contributed by atoms with van der Waals surface area (Å²) < 4.78 is 2.03. The molecule has 0 aliphatic carbocycles. The summed E-state index contributed by atoms with van der Waals surface area (Å²) >= 11 is 0. The lowest BCUT2D eigenvalue weighted by molar-refractivity contribution is 0.102. The first-order chi connectivity index (χ1) is 16.6. The summed E-state index contributed by atoms with van der Waals surface area (Å²) in [6.07, 6.45) is 0. The molecule has 1 aromatic heterocycles. The first-order valence-corrected chi connectivity index (χ1v) is 11.3. The molecule has 0 aliphatic rings.